The zero-order valence-electron chi connectivity index (χ0n) is 15.4. The van der Waals surface area contributed by atoms with Gasteiger partial charge in [-0.15, -0.1) is 0 Å². The van der Waals surface area contributed by atoms with Gasteiger partial charge in [-0.25, -0.2) is 0 Å². The predicted molar refractivity (Wildman–Crippen MR) is 108 cm³/mol. The van der Waals surface area contributed by atoms with E-state index in [2.05, 4.69) is 46.8 Å². The lowest BCUT2D eigenvalue weighted by molar-refractivity contribution is -0.385. The Morgan fingerprint density at radius 2 is 2.00 bits per heavy atom. The predicted octanol–water partition coefficient (Wildman–Crippen LogP) is 4.90. The van der Waals surface area contributed by atoms with E-state index in [0.29, 0.717) is 21.5 Å². The highest BCUT2D eigenvalue weighted by Crippen LogP contribution is 2.56. The van der Waals surface area contributed by atoms with E-state index in [4.69, 9.17) is 9.47 Å². The smallest absolute Gasteiger partial charge is 0.288 e. The summed E-state index contributed by atoms with van der Waals surface area (Å²) in [7, 11) is 3.48. The molecule has 6 nitrogen and oxygen atoms in total. The van der Waals surface area contributed by atoms with Crippen molar-refractivity contribution in [3.63, 3.8) is 0 Å². The van der Waals surface area contributed by atoms with Crippen molar-refractivity contribution in [2.75, 3.05) is 19.1 Å². The number of para-hydroxylation sites is 1. The first-order valence-corrected chi connectivity index (χ1v) is 9.30. The lowest BCUT2D eigenvalue weighted by Gasteiger charge is -2.46. The zero-order chi connectivity index (χ0) is 19.6. The number of rotatable bonds is 2. The minimum Gasteiger partial charge on any atom is -0.493 e. The molecule has 2 heterocycles. The van der Waals surface area contributed by atoms with Crippen LogP contribution in [0.2, 0.25) is 0 Å². The molecule has 140 valence electrons. The highest BCUT2D eigenvalue weighted by Gasteiger charge is 2.58. The third kappa shape index (κ3) is 2.18. The van der Waals surface area contributed by atoms with E-state index < -0.39 is 10.6 Å². The molecular formula is C20H19BrN2O4. The summed E-state index contributed by atoms with van der Waals surface area (Å²) in [6.45, 7) is 4.27. The van der Waals surface area contributed by atoms with Gasteiger partial charge in [0.2, 0.25) is 5.72 Å². The Morgan fingerprint density at radius 1 is 1.30 bits per heavy atom. The van der Waals surface area contributed by atoms with Gasteiger partial charge in [0.15, 0.2) is 11.5 Å². The molecule has 1 unspecified atom stereocenters. The van der Waals surface area contributed by atoms with E-state index in [0.717, 1.165) is 5.69 Å². The minimum absolute atomic E-state index is 0.0582. The lowest BCUT2D eigenvalue weighted by Crippen LogP contribution is -2.58. The van der Waals surface area contributed by atoms with Gasteiger partial charge in [-0.3, -0.25) is 10.1 Å². The number of likely N-dealkylation sites (N-methyl/N-ethyl adjacent to an activating group) is 1. The van der Waals surface area contributed by atoms with E-state index in [-0.39, 0.29) is 11.1 Å². The summed E-state index contributed by atoms with van der Waals surface area (Å²) in [4.78, 5) is 13.0. The van der Waals surface area contributed by atoms with Crippen LogP contribution in [0.25, 0.3) is 6.08 Å². The maximum atomic E-state index is 11.4. The third-order valence-corrected chi connectivity index (χ3v) is 6.51. The normalized spacial score (nSPS) is 21.6. The maximum absolute atomic E-state index is 11.4. The first kappa shape index (κ1) is 17.9. The van der Waals surface area contributed by atoms with Gasteiger partial charge in [0.25, 0.3) is 5.69 Å². The van der Waals surface area contributed by atoms with Crippen molar-refractivity contribution in [3.05, 3.63) is 62.1 Å². The van der Waals surface area contributed by atoms with Crippen LogP contribution in [-0.4, -0.2) is 24.8 Å². The number of benzene rings is 2. The van der Waals surface area contributed by atoms with E-state index >= 15 is 0 Å². The number of hydrogen-bond acceptors (Lipinski definition) is 5. The molecule has 1 atom stereocenters. The van der Waals surface area contributed by atoms with Crippen molar-refractivity contribution >= 4 is 33.4 Å². The van der Waals surface area contributed by atoms with Gasteiger partial charge in [0.05, 0.1) is 23.5 Å². The van der Waals surface area contributed by atoms with E-state index in [1.54, 1.807) is 0 Å². The third-order valence-electron chi connectivity index (χ3n) is 5.68. The van der Waals surface area contributed by atoms with Crippen LogP contribution in [0.4, 0.5) is 11.4 Å². The van der Waals surface area contributed by atoms with Crippen molar-refractivity contribution in [1.29, 1.82) is 0 Å². The Bertz CT molecular complexity index is 1000. The summed E-state index contributed by atoms with van der Waals surface area (Å²) in [5.74, 6) is 0.828. The van der Waals surface area contributed by atoms with Gasteiger partial charge in [0.1, 0.15) is 4.47 Å². The first-order chi connectivity index (χ1) is 12.7. The lowest BCUT2D eigenvalue weighted by atomic mass is 9.76. The molecule has 2 aromatic rings. The van der Waals surface area contributed by atoms with Crippen molar-refractivity contribution in [2.45, 2.75) is 25.0 Å². The minimum atomic E-state index is -0.771. The molecule has 0 saturated carbocycles. The van der Waals surface area contributed by atoms with Crippen LogP contribution in [0.5, 0.6) is 11.5 Å². The molecule has 0 fully saturated rings. The van der Waals surface area contributed by atoms with E-state index in [1.165, 1.54) is 18.7 Å². The highest BCUT2D eigenvalue weighted by molar-refractivity contribution is 9.10. The molecule has 0 radical (unpaired) electrons. The highest BCUT2D eigenvalue weighted by atomic mass is 79.9. The van der Waals surface area contributed by atoms with Crippen LogP contribution in [0.1, 0.15) is 25.0 Å². The van der Waals surface area contributed by atoms with Crippen molar-refractivity contribution in [1.82, 2.24) is 0 Å². The van der Waals surface area contributed by atoms with Crippen LogP contribution < -0.4 is 14.4 Å². The Labute approximate surface area is 165 Å². The number of nitrogens with zero attached hydrogens (tertiary/aromatic N) is 2. The summed E-state index contributed by atoms with van der Waals surface area (Å²) in [6.07, 6.45) is 3.85. The second kappa shape index (κ2) is 5.73. The molecular weight excluding hydrogens is 412 g/mol. The average Bonchev–Trinajstić information content (AvgIpc) is 2.81. The van der Waals surface area contributed by atoms with Crippen LogP contribution in [0.3, 0.4) is 0 Å². The molecule has 0 saturated heterocycles. The molecule has 0 aliphatic carbocycles. The topological polar surface area (TPSA) is 64.8 Å². The largest absolute Gasteiger partial charge is 0.493 e. The Balaban J connectivity index is 1.93. The standard InChI is InChI=1S/C20H19BrN2O4/c1-19(2)13-7-5-6-8-14(13)22(3)20(19)10-9-12-17(21)15(23(24)25)11-16(26-4)18(12)27-20/h5-11H,1-4H3. The molecule has 4 rings (SSSR count). The van der Waals surface area contributed by atoms with Gasteiger partial charge >= 0.3 is 0 Å². The molecule has 0 N–H and O–H groups in total. The number of hydrogen-bond donors (Lipinski definition) is 0. The van der Waals surface area contributed by atoms with E-state index in [9.17, 15) is 10.1 Å². The molecule has 2 aliphatic rings. The Morgan fingerprint density at radius 3 is 2.63 bits per heavy atom. The second-order valence-corrected chi connectivity index (χ2v) is 8.04. The fourth-order valence-electron chi connectivity index (χ4n) is 4.15. The van der Waals surface area contributed by atoms with Gasteiger partial charge in [-0.1, -0.05) is 18.2 Å². The average molecular weight is 431 g/mol. The Kier molecular flexibility index (Phi) is 3.79. The van der Waals surface area contributed by atoms with Crippen LogP contribution in [-0.2, 0) is 5.41 Å². The van der Waals surface area contributed by atoms with Crippen molar-refractivity contribution in [2.24, 2.45) is 0 Å². The number of anilines is 1. The molecule has 27 heavy (non-hydrogen) atoms. The monoisotopic (exact) mass is 430 g/mol. The van der Waals surface area contributed by atoms with Gasteiger partial charge in [-0.2, -0.15) is 0 Å². The quantitative estimate of drug-likeness (QED) is 0.500. The number of ether oxygens (including phenoxy) is 2. The maximum Gasteiger partial charge on any atom is 0.288 e. The summed E-state index contributed by atoms with van der Waals surface area (Å²) >= 11 is 3.36. The second-order valence-electron chi connectivity index (χ2n) is 7.24. The number of nitro benzene ring substituents is 1. The molecule has 7 heteroatoms. The molecule has 2 aromatic carbocycles. The summed E-state index contributed by atoms with van der Waals surface area (Å²) in [5.41, 5.74) is 1.69. The molecule has 0 bridgehead atoms. The van der Waals surface area contributed by atoms with Crippen LogP contribution in [0, 0.1) is 10.1 Å². The fraction of sp³-hybridized carbons (Fsp3) is 0.300. The molecule has 1 spiro atoms. The zero-order valence-corrected chi connectivity index (χ0v) is 17.0. The summed E-state index contributed by atoms with van der Waals surface area (Å²) in [5, 5.41) is 11.4. The van der Waals surface area contributed by atoms with Crippen LogP contribution in [0.15, 0.2) is 40.9 Å². The first-order valence-electron chi connectivity index (χ1n) is 8.51. The number of nitro groups is 1. The van der Waals surface area contributed by atoms with Crippen molar-refractivity contribution in [3.8, 4) is 11.5 Å². The molecule has 0 amide bonds. The SMILES string of the molecule is COc1cc([N+](=O)[O-])c(Br)c2c1OC1(C=C2)N(C)c2ccccc2C1(C)C. The van der Waals surface area contributed by atoms with E-state index in [1.807, 2.05) is 31.3 Å². The van der Waals surface area contributed by atoms with Crippen molar-refractivity contribution < 1.29 is 14.4 Å². The van der Waals surface area contributed by atoms with Gasteiger partial charge < -0.3 is 14.4 Å². The van der Waals surface area contributed by atoms with Gasteiger partial charge in [-0.05, 0) is 53.6 Å². The Hall–Kier alpha value is -2.54. The number of halogens is 1. The molecule has 0 aromatic heterocycles. The summed E-state index contributed by atoms with van der Waals surface area (Å²) in [6, 6.07) is 9.60. The van der Waals surface area contributed by atoms with Crippen LogP contribution >= 0.6 is 15.9 Å². The molecule has 2 aliphatic heterocycles. The number of fused-ring (bicyclic) bond motifs is 2. The number of methoxy groups -OCH3 is 1. The van der Waals surface area contributed by atoms with Gasteiger partial charge in [0, 0.05) is 18.3 Å². The fourth-order valence-corrected chi connectivity index (χ4v) is 4.72. The summed E-state index contributed by atoms with van der Waals surface area (Å²) < 4.78 is 12.4.